The number of aryl methyl sites for hydroxylation is 1. The van der Waals surface area contributed by atoms with Crippen LogP contribution in [0.3, 0.4) is 0 Å². The smallest absolute Gasteiger partial charge is 0.243 e. The van der Waals surface area contributed by atoms with Gasteiger partial charge in [0.25, 0.3) is 0 Å². The third-order valence-corrected chi connectivity index (χ3v) is 4.35. The van der Waals surface area contributed by atoms with Crippen molar-refractivity contribution in [1.29, 1.82) is 0 Å². The molecule has 7 heteroatoms. The molecule has 0 spiro atoms. The van der Waals surface area contributed by atoms with Crippen LogP contribution in [0.1, 0.15) is 32.3 Å². The van der Waals surface area contributed by atoms with Gasteiger partial charge in [0.2, 0.25) is 11.8 Å². The number of carbonyl (C=O) groups is 2. The highest BCUT2D eigenvalue weighted by Crippen LogP contribution is 2.25. The number of carbonyl (C=O) groups excluding carboxylic acids is 2. The van der Waals surface area contributed by atoms with Gasteiger partial charge in [-0.05, 0) is 37.5 Å². The molecule has 130 valence electrons. The Bertz CT molecular complexity index is 538. The zero-order valence-electron chi connectivity index (χ0n) is 13.7. The Labute approximate surface area is 148 Å². The number of nitrogens with one attached hydrogen (secondary N) is 2. The summed E-state index contributed by atoms with van der Waals surface area (Å²) in [5.41, 5.74) is 6.64. The van der Waals surface area contributed by atoms with Crippen LogP contribution in [0.4, 0.5) is 5.69 Å². The molecule has 0 fully saturated rings. The van der Waals surface area contributed by atoms with Gasteiger partial charge in [-0.2, -0.15) is 0 Å². The Hall–Kier alpha value is -1.30. The summed E-state index contributed by atoms with van der Waals surface area (Å²) in [5.74, 6) is -0.512. The monoisotopic (exact) mass is 361 g/mol. The van der Waals surface area contributed by atoms with Gasteiger partial charge in [0.05, 0.1) is 22.7 Å². The number of halogens is 2. The van der Waals surface area contributed by atoms with E-state index in [1.165, 1.54) is 0 Å². The fourth-order valence-corrected chi connectivity index (χ4v) is 2.50. The summed E-state index contributed by atoms with van der Waals surface area (Å²) in [6.07, 6.45) is 1.27. The number of benzene rings is 1. The maximum absolute atomic E-state index is 12.2. The van der Waals surface area contributed by atoms with Crippen LogP contribution in [0.25, 0.3) is 0 Å². The summed E-state index contributed by atoms with van der Waals surface area (Å²) in [6.45, 7) is 5.91. The minimum absolute atomic E-state index is 0. The highest BCUT2D eigenvalue weighted by atomic mass is 35.5. The summed E-state index contributed by atoms with van der Waals surface area (Å²) < 4.78 is 0. The second-order valence-electron chi connectivity index (χ2n) is 5.41. The lowest BCUT2D eigenvalue weighted by molar-refractivity contribution is -0.132. The minimum atomic E-state index is -0.609. The van der Waals surface area contributed by atoms with Gasteiger partial charge in [-0.1, -0.05) is 31.5 Å². The van der Waals surface area contributed by atoms with Crippen LogP contribution in [0.5, 0.6) is 0 Å². The van der Waals surface area contributed by atoms with Gasteiger partial charge in [0.15, 0.2) is 0 Å². The highest BCUT2D eigenvalue weighted by Gasteiger charge is 2.33. The van der Waals surface area contributed by atoms with Crippen molar-refractivity contribution >= 4 is 41.5 Å². The molecule has 0 saturated heterocycles. The number of nitrogens with two attached hydrogens (primary N) is 1. The Morgan fingerprint density at radius 3 is 2.35 bits per heavy atom. The van der Waals surface area contributed by atoms with Gasteiger partial charge in [-0.25, -0.2) is 0 Å². The SMILES string of the molecule is CCC(CC)(CN)C(=O)NCC(=O)Nc1ccc(C)cc1Cl.Cl. The van der Waals surface area contributed by atoms with E-state index in [2.05, 4.69) is 10.6 Å². The van der Waals surface area contributed by atoms with E-state index in [9.17, 15) is 9.59 Å². The predicted octanol–water partition coefficient (Wildman–Crippen LogP) is 2.89. The molecule has 0 aliphatic carbocycles. The van der Waals surface area contributed by atoms with E-state index in [1.54, 1.807) is 12.1 Å². The Morgan fingerprint density at radius 2 is 1.87 bits per heavy atom. The average Bonchev–Trinajstić information content (AvgIpc) is 2.50. The zero-order valence-corrected chi connectivity index (χ0v) is 15.3. The largest absolute Gasteiger partial charge is 0.347 e. The first-order chi connectivity index (χ1) is 10.4. The average molecular weight is 362 g/mol. The van der Waals surface area contributed by atoms with Crippen LogP contribution in [0, 0.1) is 12.3 Å². The van der Waals surface area contributed by atoms with Gasteiger partial charge >= 0.3 is 0 Å². The fourth-order valence-electron chi connectivity index (χ4n) is 2.22. The zero-order chi connectivity index (χ0) is 16.8. The molecule has 0 heterocycles. The van der Waals surface area contributed by atoms with Crippen molar-refractivity contribution < 1.29 is 9.59 Å². The first kappa shape index (κ1) is 21.7. The van der Waals surface area contributed by atoms with E-state index < -0.39 is 5.41 Å². The Balaban J connectivity index is 0.00000484. The highest BCUT2D eigenvalue weighted by molar-refractivity contribution is 6.33. The fraction of sp³-hybridized carbons (Fsp3) is 0.500. The third-order valence-electron chi connectivity index (χ3n) is 4.03. The molecule has 0 bridgehead atoms. The van der Waals surface area contributed by atoms with Crippen molar-refractivity contribution in [2.45, 2.75) is 33.6 Å². The van der Waals surface area contributed by atoms with Gasteiger partial charge in [-0.15, -0.1) is 12.4 Å². The van der Waals surface area contributed by atoms with Crippen LogP contribution in [0.2, 0.25) is 5.02 Å². The second kappa shape index (κ2) is 9.75. The van der Waals surface area contributed by atoms with Crippen LogP contribution in [-0.4, -0.2) is 24.9 Å². The van der Waals surface area contributed by atoms with Crippen molar-refractivity contribution in [1.82, 2.24) is 5.32 Å². The van der Waals surface area contributed by atoms with Crippen LogP contribution in [0.15, 0.2) is 18.2 Å². The molecule has 2 amide bonds. The molecule has 23 heavy (non-hydrogen) atoms. The van der Waals surface area contributed by atoms with E-state index in [-0.39, 0.29) is 37.3 Å². The molecule has 0 radical (unpaired) electrons. The number of rotatable bonds is 7. The molecule has 1 rings (SSSR count). The minimum Gasteiger partial charge on any atom is -0.347 e. The first-order valence-electron chi connectivity index (χ1n) is 7.43. The van der Waals surface area contributed by atoms with Crippen molar-refractivity contribution in [3.05, 3.63) is 28.8 Å². The number of hydrogen-bond acceptors (Lipinski definition) is 3. The van der Waals surface area contributed by atoms with Gasteiger partial charge in [0, 0.05) is 6.54 Å². The third kappa shape index (κ3) is 5.68. The molecule has 0 saturated carbocycles. The molecule has 0 aliphatic rings. The molecule has 5 nitrogen and oxygen atoms in total. The Kier molecular flexibility index (Phi) is 9.20. The molecule has 1 aromatic carbocycles. The lowest BCUT2D eigenvalue weighted by Crippen LogP contribution is -2.47. The summed E-state index contributed by atoms with van der Waals surface area (Å²) >= 11 is 6.06. The van der Waals surface area contributed by atoms with Crippen molar-refractivity contribution in [3.8, 4) is 0 Å². The number of hydrogen-bond donors (Lipinski definition) is 3. The quantitative estimate of drug-likeness (QED) is 0.697. The van der Waals surface area contributed by atoms with E-state index >= 15 is 0 Å². The molecule has 1 aromatic rings. The van der Waals surface area contributed by atoms with Crippen molar-refractivity contribution in [2.75, 3.05) is 18.4 Å². The molecule has 0 unspecified atom stereocenters. The molecule has 0 aromatic heterocycles. The lowest BCUT2D eigenvalue weighted by Gasteiger charge is -2.28. The predicted molar refractivity (Wildman–Crippen MR) is 97.1 cm³/mol. The summed E-state index contributed by atoms with van der Waals surface area (Å²) in [7, 11) is 0. The van der Waals surface area contributed by atoms with E-state index in [0.717, 1.165) is 5.56 Å². The molecular formula is C16H25Cl2N3O2. The van der Waals surface area contributed by atoms with Crippen LogP contribution < -0.4 is 16.4 Å². The van der Waals surface area contributed by atoms with Crippen LogP contribution >= 0.6 is 24.0 Å². The lowest BCUT2D eigenvalue weighted by atomic mass is 9.81. The summed E-state index contributed by atoms with van der Waals surface area (Å²) in [4.78, 5) is 24.2. The van der Waals surface area contributed by atoms with Gasteiger partial charge in [0.1, 0.15) is 0 Å². The van der Waals surface area contributed by atoms with Crippen molar-refractivity contribution in [3.63, 3.8) is 0 Å². The number of amides is 2. The van der Waals surface area contributed by atoms with E-state index in [4.69, 9.17) is 17.3 Å². The maximum atomic E-state index is 12.2. The molecule has 0 aliphatic heterocycles. The molecule has 4 N–H and O–H groups in total. The molecular weight excluding hydrogens is 337 g/mol. The molecule has 0 atom stereocenters. The standard InChI is InChI=1S/C16H24ClN3O2.ClH/c1-4-16(5-2,10-18)15(22)19-9-14(21)20-13-7-6-11(3)8-12(13)17;/h6-8H,4-5,9-10,18H2,1-3H3,(H,19,22)(H,20,21);1H. The van der Waals surface area contributed by atoms with E-state index in [0.29, 0.717) is 23.6 Å². The normalized spacial score (nSPS) is 10.7. The van der Waals surface area contributed by atoms with Crippen molar-refractivity contribution in [2.24, 2.45) is 11.1 Å². The summed E-state index contributed by atoms with van der Waals surface area (Å²) in [6, 6.07) is 5.36. The van der Waals surface area contributed by atoms with Crippen LogP contribution in [-0.2, 0) is 9.59 Å². The topological polar surface area (TPSA) is 84.2 Å². The summed E-state index contributed by atoms with van der Waals surface area (Å²) in [5, 5.41) is 5.81. The maximum Gasteiger partial charge on any atom is 0.243 e. The number of anilines is 1. The van der Waals surface area contributed by atoms with Gasteiger partial charge in [-0.3, -0.25) is 9.59 Å². The Morgan fingerprint density at radius 1 is 1.26 bits per heavy atom. The van der Waals surface area contributed by atoms with Gasteiger partial charge < -0.3 is 16.4 Å². The second-order valence-corrected chi connectivity index (χ2v) is 5.81. The van der Waals surface area contributed by atoms with E-state index in [1.807, 2.05) is 26.8 Å². The first-order valence-corrected chi connectivity index (χ1v) is 7.80.